The molecule has 1 N–H and O–H groups in total. The van der Waals surface area contributed by atoms with Gasteiger partial charge in [-0.2, -0.15) is 0 Å². The Morgan fingerprint density at radius 1 is 1.10 bits per heavy atom. The average molecular weight is 481 g/mol. The minimum atomic E-state index is -0.220. The van der Waals surface area contributed by atoms with Crippen LogP contribution >= 0.6 is 15.9 Å². The summed E-state index contributed by atoms with van der Waals surface area (Å²) in [5.74, 6) is 0.954. The molecule has 0 radical (unpaired) electrons. The van der Waals surface area contributed by atoms with Crippen molar-refractivity contribution < 1.29 is 19.1 Å². The lowest BCUT2D eigenvalue weighted by Crippen LogP contribution is -2.41. The van der Waals surface area contributed by atoms with E-state index in [2.05, 4.69) is 21.2 Å². The molecule has 7 heteroatoms. The fourth-order valence-electron chi connectivity index (χ4n) is 3.22. The summed E-state index contributed by atoms with van der Waals surface area (Å²) in [6.45, 7) is 2.72. The van der Waals surface area contributed by atoms with E-state index in [1.165, 1.54) is 0 Å². The second-order valence-electron chi connectivity index (χ2n) is 7.14. The molecule has 2 amide bonds. The zero-order valence-corrected chi connectivity index (χ0v) is 18.5. The number of anilines is 2. The largest absolute Gasteiger partial charge is 0.492 e. The van der Waals surface area contributed by atoms with Gasteiger partial charge >= 0.3 is 0 Å². The first kappa shape index (κ1) is 20.9. The Kier molecular flexibility index (Phi) is 6.23. The molecule has 31 heavy (non-hydrogen) atoms. The Hall–Kier alpha value is -3.32. The normalized spacial score (nSPS) is 12.7. The van der Waals surface area contributed by atoms with Crippen LogP contribution in [0.25, 0.3) is 0 Å². The number of fused-ring (bicyclic) bond motifs is 1. The van der Waals surface area contributed by atoms with Crippen LogP contribution in [-0.4, -0.2) is 31.6 Å². The molecule has 0 spiro atoms. The molecule has 0 unspecified atom stereocenters. The molecule has 0 aliphatic carbocycles. The van der Waals surface area contributed by atoms with Crippen molar-refractivity contribution in [3.8, 4) is 11.5 Å². The van der Waals surface area contributed by atoms with E-state index < -0.39 is 0 Å². The number of aryl methyl sites for hydroxylation is 1. The van der Waals surface area contributed by atoms with Gasteiger partial charge in [-0.15, -0.1) is 0 Å². The average Bonchev–Trinajstić information content (AvgIpc) is 2.77. The highest BCUT2D eigenvalue weighted by molar-refractivity contribution is 9.10. The summed E-state index contributed by atoms with van der Waals surface area (Å²) in [5.41, 5.74) is 2.96. The van der Waals surface area contributed by atoms with Gasteiger partial charge in [0.2, 0.25) is 0 Å². The first-order valence-electron chi connectivity index (χ1n) is 9.83. The van der Waals surface area contributed by atoms with Gasteiger partial charge in [0.25, 0.3) is 11.8 Å². The van der Waals surface area contributed by atoms with Crippen LogP contribution in [0.2, 0.25) is 0 Å². The van der Waals surface area contributed by atoms with Crippen LogP contribution in [0.5, 0.6) is 11.5 Å². The molecule has 0 aromatic heterocycles. The van der Waals surface area contributed by atoms with Crippen LogP contribution in [0.1, 0.15) is 15.9 Å². The van der Waals surface area contributed by atoms with Crippen LogP contribution in [0.3, 0.4) is 0 Å². The fourth-order valence-corrected chi connectivity index (χ4v) is 3.49. The van der Waals surface area contributed by atoms with Gasteiger partial charge in [0.15, 0.2) is 6.61 Å². The van der Waals surface area contributed by atoms with Crippen molar-refractivity contribution in [2.45, 2.75) is 6.92 Å². The van der Waals surface area contributed by atoms with Crippen molar-refractivity contribution in [3.63, 3.8) is 0 Å². The number of hydrogen-bond acceptors (Lipinski definition) is 4. The van der Waals surface area contributed by atoms with Gasteiger partial charge in [-0.05, 0) is 55.5 Å². The van der Waals surface area contributed by atoms with E-state index in [9.17, 15) is 9.59 Å². The van der Waals surface area contributed by atoms with Crippen molar-refractivity contribution in [3.05, 3.63) is 82.3 Å². The maximum Gasteiger partial charge on any atom is 0.265 e. The zero-order valence-electron chi connectivity index (χ0n) is 16.9. The molecule has 0 saturated heterocycles. The zero-order chi connectivity index (χ0) is 21.8. The Bertz CT molecular complexity index is 1100. The van der Waals surface area contributed by atoms with E-state index in [-0.39, 0.29) is 18.4 Å². The lowest BCUT2D eigenvalue weighted by atomic mass is 10.2. The molecule has 0 saturated carbocycles. The third-order valence-corrected chi connectivity index (χ3v) is 5.40. The Labute approximate surface area is 188 Å². The number of ether oxygens (including phenoxy) is 2. The predicted molar refractivity (Wildman–Crippen MR) is 123 cm³/mol. The summed E-state index contributed by atoms with van der Waals surface area (Å²) in [7, 11) is 0. The number of rotatable bonds is 6. The molecule has 1 aliphatic rings. The predicted octanol–water partition coefficient (Wildman–Crippen LogP) is 4.81. The van der Waals surface area contributed by atoms with Crippen LogP contribution in [-0.2, 0) is 4.79 Å². The van der Waals surface area contributed by atoms with E-state index in [0.29, 0.717) is 35.8 Å². The minimum absolute atomic E-state index is 0.0539. The molecule has 3 aromatic carbocycles. The van der Waals surface area contributed by atoms with E-state index in [1.807, 2.05) is 43.3 Å². The summed E-state index contributed by atoms with van der Waals surface area (Å²) in [6, 6.07) is 20.1. The highest BCUT2D eigenvalue weighted by atomic mass is 79.9. The molecule has 0 atom stereocenters. The molecular weight excluding hydrogens is 460 g/mol. The lowest BCUT2D eigenvalue weighted by Gasteiger charge is -2.29. The molecule has 1 aliphatic heterocycles. The van der Waals surface area contributed by atoms with Gasteiger partial charge in [0, 0.05) is 21.8 Å². The van der Waals surface area contributed by atoms with Crippen molar-refractivity contribution in [2.24, 2.45) is 0 Å². The van der Waals surface area contributed by atoms with Crippen molar-refractivity contribution in [1.29, 1.82) is 0 Å². The number of hydrogen-bond donors (Lipinski definition) is 1. The summed E-state index contributed by atoms with van der Waals surface area (Å²) in [6.07, 6.45) is 0. The van der Waals surface area contributed by atoms with Gasteiger partial charge in [-0.3, -0.25) is 9.59 Å². The fraction of sp³-hybridized carbons (Fsp3) is 0.167. The molecule has 158 valence electrons. The van der Waals surface area contributed by atoms with Crippen molar-refractivity contribution in [2.75, 3.05) is 30.0 Å². The third kappa shape index (κ3) is 5.06. The minimum Gasteiger partial charge on any atom is -0.492 e. The number of carbonyl (C=O) groups is 2. The standard InChI is InChI=1S/C24H21BrN2O4/c1-16-2-9-20(10-3-16)30-13-12-27-21-11-8-19(14-22(21)31-15-23(27)28)26-24(29)17-4-6-18(25)7-5-17/h2-11,14H,12-13,15H2,1H3,(H,26,29). The van der Waals surface area contributed by atoms with Crippen LogP contribution in [0.4, 0.5) is 11.4 Å². The number of halogens is 1. The second-order valence-corrected chi connectivity index (χ2v) is 8.05. The summed E-state index contributed by atoms with van der Waals surface area (Å²) < 4.78 is 12.3. The summed E-state index contributed by atoms with van der Waals surface area (Å²) in [5, 5.41) is 2.86. The number of carbonyl (C=O) groups excluding carboxylic acids is 2. The SMILES string of the molecule is Cc1ccc(OCCN2C(=O)COc3cc(NC(=O)c4ccc(Br)cc4)ccc32)cc1. The van der Waals surface area contributed by atoms with Crippen LogP contribution < -0.4 is 19.7 Å². The number of amides is 2. The third-order valence-electron chi connectivity index (χ3n) is 4.87. The van der Waals surface area contributed by atoms with Gasteiger partial charge in [0.1, 0.15) is 18.1 Å². The number of nitrogens with one attached hydrogen (secondary N) is 1. The van der Waals surface area contributed by atoms with E-state index in [0.717, 1.165) is 15.8 Å². The first-order valence-corrected chi connectivity index (χ1v) is 10.6. The maximum absolute atomic E-state index is 12.5. The monoisotopic (exact) mass is 480 g/mol. The van der Waals surface area contributed by atoms with Crippen LogP contribution in [0, 0.1) is 6.92 Å². The van der Waals surface area contributed by atoms with Crippen molar-refractivity contribution in [1.82, 2.24) is 0 Å². The maximum atomic E-state index is 12.5. The second kappa shape index (κ2) is 9.22. The molecule has 4 rings (SSSR count). The molecule has 3 aromatic rings. The lowest BCUT2D eigenvalue weighted by molar-refractivity contribution is -0.121. The highest BCUT2D eigenvalue weighted by Crippen LogP contribution is 2.34. The van der Waals surface area contributed by atoms with Crippen LogP contribution in [0.15, 0.2) is 71.2 Å². The van der Waals surface area contributed by atoms with Gasteiger partial charge in [-0.25, -0.2) is 0 Å². The Balaban J connectivity index is 1.43. The smallest absolute Gasteiger partial charge is 0.265 e. The number of nitrogens with zero attached hydrogens (tertiary/aromatic N) is 1. The van der Waals surface area contributed by atoms with Gasteiger partial charge < -0.3 is 19.7 Å². The molecule has 1 heterocycles. The van der Waals surface area contributed by atoms with E-state index >= 15 is 0 Å². The van der Waals surface area contributed by atoms with Gasteiger partial charge in [-0.1, -0.05) is 33.6 Å². The van der Waals surface area contributed by atoms with E-state index in [4.69, 9.17) is 9.47 Å². The Morgan fingerprint density at radius 3 is 2.58 bits per heavy atom. The van der Waals surface area contributed by atoms with Gasteiger partial charge in [0.05, 0.1) is 12.2 Å². The molecular formula is C24H21BrN2O4. The summed E-state index contributed by atoms with van der Waals surface area (Å²) >= 11 is 3.36. The van der Waals surface area contributed by atoms with Crippen molar-refractivity contribution >= 4 is 39.1 Å². The molecule has 0 fully saturated rings. The Morgan fingerprint density at radius 2 is 1.84 bits per heavy atom. The first-order chi connectivity index (χ1) is 15.0. The topological polar surface area (TPSA) is 67.9 Å². The quantitative estimate of drug-likeness (QED) is 0.549. The van der Waals surface area contributed by atoms with E-state index in [1.54, 1.807) is 35.2 Å². The summed E-state index contributed by atoms with van der Waals surface area (Å²) in [4.78, 5) is 26.5. The highest BCUT2D eigenvalue weighted by Gasteiger charge is 2.26. The molecule has 0 bridgehead atoms. The molecule has 6 nitrogen and oxygen atoms in total. The number of benzene rings is 3.